The van der Waals surface area contributed by atoms with Crippen LogP contribution in [0.3, 0.4) is 0 Å². The van der Waals surface area contributed by atoms with Gasteiger partial charge in [-0.1, -0.05) is 176 Å². The first kappa shape index (κ1) is 41.9. The highest BCUT2D eigenvalue weighted by Gasteiger charge is 2.51. The minimum absolute atomic E-state index is 0.330. The predicted molar refractivity (Wildman–Crippen MR) is 297 cm³/mol. The number of fused-ring (bicyclic) bond motifs is 12. The van der Waals surface area contributed by atoms with Gasteiger partial charge >= 0.3 is 0 Å². The van der Waals surface area contributed by atoms with Gasteiger partial charge in [0.15, 0.2) is 0 Å². The van der Waals surface area contributed by atoms with Gasteiger partial charge in [0, 0.05) is 55.4 Å². The normalized spacial score (nSPS) is 14.1. The molecule has 11 aromatic carbocycles. The second kappa shape index (κ2) is 16.8. The summed E-state index contributed by atoms with van der Waals surface area (Å²) in [7, 11) is 0. The third-order valence-electron chi connectivity index (χ3n) is 14.6. The summed E-state index contributed by atoms with van der Waals surface area (Å²) in [6.45, 7) is 0. The summed E-state index contributed by atoms with van der Waals surface area (Å²) in [5, 5.41) is 2.35. The van der Waals surface area contributed by atoms with Gasteiger partial charge in [0.25, 0.3) is 0 Å². The lowest BCUT2D eigenvalue weighted by molar-refractivity contribution is 0.431. The van der Waals surface area contributed by atoms with E-state index in [0.717, 1.165) is 73.3 Å². The van der Waals surface area contributed by atoms with Crippen molar-refractivity contribution in [1.82, 2.24) is 0 Å². The predicted octanol–water partition coefficient (Wildman–Crippen LogP) is 18.9. The van der Waals surface area contributed by atoms with Crippen LogP contribution >= 0.6 is 11.3 Å². The molecule has 14 rings (SSSR count). The summed E-state index contributed by atoms with van der Waals surface area (Å²) >= 11 is 1.83. The van der Waals surface area contributed by atoms with Crippen molar-refractivity contribution in [2.45, 2.75) is 5.41 Å². The Balaban J connectivity index is 0.969. The largest absolute Gasteiger partial charge is 0.457 e. The minimum atomic E-state index is -0.764. The summed E-state index contributed by atoms with van der Waals surface area (Å²) in [6, 6.07) is 92.0. The first-order valence-corrected chi connectivity index (χ1v) is 25.2. The maximum atomic E-state index is 15.2. The average Bonchev–Trinajstić information content (AvgIpc) is 3.97. The van der Waals surface area contributed by atoms with Gasteiger partial charge in [0.2, 0.25) is 0 Å². The summed E-state index contributed by atoms with van der Waals surface area (Å²) in [5.74, 6) is 0.922. The molecule has 0 bridgehead atoms. The lowest BCUT2D eigenvalue weighted by Gasteiger charge is -2.39. The van der Waals surface area contributed by atoms with Crippen LogP contribution in [0.4, 0.5) is 38.5 Å². The van der Waals surface area contributed by atoms with Crippen LogP contribution in [-0.4, -0.2) is 0 Å². The van der Waals surface area contributed by atoms with Crippen molar-refractivity contribution in [3.05, 3.63) is 289 Å². The zero-order chi connectivity index (χ0) is 47.8. The summed E-state index contributed by atoms with van der Waals surface area (Å²) in [5.41, 5.74) is 16.9. The Bertz CT molecular complexity index is 3940. The number of anilines is 6. The molecule has 1 aliphatic heterocycles. The third-order valence-corrected chi connectivity index (χ3v) is 15.8. The molecule has 0 saturated heterocycles. The highest BCUT2D eigenvalue weighted by molar-refractivity contribution is 7.26. The van der Waals surface area contributed by atoms with Crippen molar-refractivity contribution < 1.29 is 9.13 Å². The molecule has 5 heteroatoms. The zero-order valence-electron chi connectivity index (χ0n) is 38.9. The van der Waals surface area contributed by atoms with E-state index in [2.05, 4.69) is 240 Å². The fourth-order valence-corrected chi connectivity index (χ4v) is 12.7. The number of halogens is 1. The highest BCUT2D eigenvalue weighted by atomic mass is 32.1. The van der Waals surface area contributed by atoms with Crippen molar-refractivity contribution in [2.75, 3.05) is 9.80 Å². The molecule has 1 aliphatic carbocycles. The molecule has 1 spiro atoms. The van der Waals surface area contributed by atoms with Crippen molar-refractivity contribution in [3.8, 4) is 44.9 Å². The molecule has 340 valence electrons. The van der Waals surface area contributed by atoms with E-state index in [0.29, 0.717) is 5.75 Å². The molecule has 1 unspecified atom stereocenters. The van der Waals surface area contributed by atoms with Crippen molar-refractivity contribution in [3.63, 3.8) is 0 Å². The lowest BCUT2D eigenvalue weighted by Crippen LogP contribution is -2.32. The van der Waals surface area contributed by atoms with Gasteiger partial charge in [-0.3, -0.25) is 0 Å². The molecule has 72 heavy (non-hydrogen) atoms. The van der Waals surface area contributed by atoms with Crippen LogP contribution in [-0.2, 0) is 5.41 Å². The average molecular weight is 943 g/mol. The zero-order valence-corrected chi connectivity index (χ0v) is 39.7. The molecular weight excluding hydrogens is 900 g/mol. The number of ether oxygens (including phenoxy) is 1. The Morgan fingerprint density at radius 1 is 0.361 bits per heavy atom. The van der Waals surface area contributed by atoms with Gasteiger partial charge < -0.3 is 14.5 Å². The van der Waals surface area contributed by atoms with Crippen LogP contribution in [0.15, 0.2) is 261 Å². The van der Waals surface area contributed by atoms with E-state index < -0.39 is 5.41 Å². The molecule has 12 aromatic rings. The van der Waals surface area contributed by atoms with E-state index in [4.69, 9.17) is 4.74 Å². The maximum Gasteiger partial charge on any atom is 0.135 e. The summed E-state index contributed by atoms with van der Waals surface area (Å²) < 4.78 is 24.1. The van der Waals surface area contributed by atoms with Gasteiger partial charge in [-0.15, -0.1) is 11.3 Å². The second-order valence-electron chi connectivity index (χ2n) is 18.5. The molecule has 0 saturated carbocycles. The van der Waals surface area contributed by atoms with Crippen LogP contribution in [0, 0.1) is 5.82 Å². The molecule has 0 N–H and O–H groups in total. The molecule has 0 fully saturated rings. The number of hydrogen-bond acceptors (Lipinski definition) is 4. The van der Waals surface area contributed by atoms with Crippen LogP contribution < -0.4 is 14.5 Å². The van der Waals surface area contributed by atoms with Crippen molar-refractivity contribution in [2.24, 2.45) is 0 Å². The number of hydrogen-bond donors (Lipinski definition) is 0. The molecule has 1 aromatic heterocycles. The van der Waals surface area contributed by atoms with E-state index in [-0.39, 0.29) is 5.82 Å². The van der Waals surface area contributed by atoms with Gasteiger partial charge in [0.05, 0.1) is 21.5 Å². The molecule has 0 radical (unpaired) electrons. The Labute approximate surface area is 421 Å². The first-order valence-electron chi connectivity index (χ1n) is 24.3. The van der Waals surface area contributed by atoms with Crippen molar-refractivity contribution in [1.29, 1.82) is 0 Å². The van der Waals surface area contributed by atoms with Gasteiger partial charge in [-0.05, 0) is 123 Å². The maximum absolute atomic E-state index is 15.2. The van der Waals surface area contributed by atoms with E-state index in [1.807, 2.05) is 29.5 Å². The highest BCUT2D eigenvalue weighted by Crippen LogP contribution is 2.63. The SMILES string of the molecule is Fc1ccc2c(c1)Oc1ccccc1C21c2ccccc2-c2ccc(N(c3ccccc3)c3cccc4sc5c(N(c6ccc(-c7ccccc7)cc6)c6ccc(-c7ccccc7)cc6)cccc5c34)cc21. The molecule has 2 aliphatic rings. The fraction of sp³-hybridized carbons (Fsp3) is 0.0149. The standard InChI is InChI=1S/C67H43FN2OS/c68-48-34-41-58-63(42-48)71-62-28-13-12-25-57(62)67(58)56-24-11-10-22-53(56)54-40-39-52(43-59(54)67)70(49-20-8-3-9-21-49)60-26-15-29-64-65(60)55-23-14-27-61(66(55)72-64)69(50-35-30-46(31-36-50)44-16-4-1-5-17-44)51-37-32-47(33-38-51)45-18-6-2-7-19-45/h1-43H. The Morgan fingerprint density at radius 3 is 1.60 bits per heavy atom. The van der Waals surface area contributed by atoms with Crippen LogP contribution in [0.1, 0.15) is 22.3 Å². The number of benzene rings is 11. The van der Waals surface area contributed by atoms with Gasteiger partial charge in [-0.25, -0.2) is 4.39 Å². The van der Waals surface area contributed by atoms with E-state index in [1.165, 1.54) is 48.5 Å². The minimum Gasteiger partial charge on any atom is -0.457 e. The van der Waals surface area contributed by atoms with E-state index in [1.54, 1.807) is 6.07 Å². The first-order chi connectivity index (χ1) is 35.6. The molecule has 3 nitrogen and oxygen atoms in total. The van der Waals surface area contributed by atoms with Gasteiger partial charge in [-0.2, -0.15) is 0 Å². The van der Waals surface area contributed by atoms with Crippen molar-refractivity contribution >= 4 is 65.6 Å². The Hall–Kier alpha value is -9.03. The monoisotopic (exact) mass is 942 g/mol. The molecule has 2 heterocycles. The third kappa shape index (κ3) is 6.55. The Kier molecular flexibility index (Phi) is 9.80. The van der Waals surface area contributed by atoms with E-state index >= 15 is 4.39 Å². The topological polar surface area (TPSA) is 15.7 Å². The smallest absolute Gasteiger partial charge is 0.135 e. The molecular formula is C67H43FN2OS. The number of para-hydroxylation sites is 2. The van der Waals surface area contributed by atoms with Crippen LogP contribution in [0.25, 0.3) is 53.6 Å². The Morgan fingerprint density at radius 2 is 0.889 bits per heavy atom. The quantitative estimate of drug-likeness (QED) is 0.151. The number of thiophene rings is 1. The number of rotatable bonds is 8. The van der Waals surface area contributed by atoms with Crippen LogP contribution in [0.2, 0.25) is 0 Å². The van der Waals surface area contributed by atoms with E-state index in [9.17, 15) is 0 Å². The van der Waals surface area contributed by atoms with Crippen LogP contribution in [0.5, 0.6) is 11.5 Å². The lowest BCUT2D eigenvalue weighted by atomic mass is 9.66. The summed E-state index contributed by atoms with van der Waals surface area (Å²) in [4.78, 5) is 4.82. The fourth-order valence-electron chi connectivity index (χ4n) is 11.5. The molecule has 0 amide bonds. The molecule has 1 atom stereocenters. The summed E-state index contributed by atoms with van der Waals surface area (Å²) in [6.07, 6.45) is 0. The second-order valence-corrected chi connectivity index (χ2v) is 19.6. The van der Waals surface area contributed by atoms with Gasteiger partial charge in [0.1, 0.15) is 17.3 Å². The number of nitrogens with zero attached hydrogens (tertiary/aromatic N) is 2.